The molecule has 3 N–H and O–H groups in total. The van der Waals surface area contributed by atoms with E-state index in [-0.39, 0.29) is 16.3 Å². The highest BCUT2D eigenvalue weighted by Gasteiger charge is 2.22. The molecule has 0 spiro atoms. The van der Waals surface area contributed by atoms with Crippen LogP contribution in [0.25, 0.3) is 5.69 Å². The van der Waals surface area contributed by atoms with E-state index in [0.717, 1.165) is 10.9 Å². The standard InChI is InChI=1S/C11H7Cl2N3O3/c12-5-1-2-8(7(13)3-5)16-9(10(14)17)6(4-15-16)11(18)19/h1-4H,(H2,14,17)(H,18,19). The van der Waals surface area contributed by atoms with Crippen LogP contribution >= 0.6 is 23.2 Å². The number of hydrogen-bond donors (Lipinski definition) is 2. The zero-order chi connectivity index (χ0) is 14.2. The van der Waals surface area contributed by atoms with Crippen LogP contribution in [0.3, 0.4) is 0 Å². The maximum absolute atomic E-state index is 11.4. The topological polar surface area (TPSA) is 98.2 Å². The van der Waals surface area contributed by atoms with E-state index in [1.54, 1.807) is 0 Å². The van der Waals surface area contributed by atoms with Crippen molar-refractivity contribution in [2.75, 3.05) is 0 Å². The first-order valence-electron chi connectivity index (χ1n) is 4.98. The smallest absolute Gasteiger partial charge is 0.339 e. The molecule has 0 atom stereocenters. The van der Waals surface area contributed by atoms with Crippen LogP contribution in [0, 0.1) is 0 Å². The molecular formula is C11H7Cl2N3O3. The molecule has 2 aromatic rings. The third-order valence-electron chi connectivity index (χ3n) is 2.37. The highest BCUT2D eigenvalue weighted by Crippen LogP contribution is 2.25. The van der Waals surface area contributed by atoms with Crippen molar-refractivity contribution < 1.29 is 14.7 Å². The second kappa shape index (κ2) is 4.91. The number of aromatic carboxylic acids is 1. The van der Waals surface area contributed by atoms with Crippen molar-refractivity contribution in [2.24, 2.45) is 5.73 Å². The molecule has 2 rings (SSSR count). The Morgan fingerprint density at radius 1 is 1.32 bits per heavy atom. The van der Waals surface area contributed by atoms with Crippen molar-refractivity contribution in [1.29, 1.82) is 0 Å². The minimum Gasteiger partial charge on any atom is -0.478 e. The molecule has 0 bridgehead atoms. The van der Waals surface area contributed by atoms with Gasteiger partial charge in [-0.15, -0.1) is 0 Å². The molecule has 1 aromatic heterocycles. The molecular weight excluding hydrogens is 293 g/mol. The lowest BCUT2D eigenvalue weighted by atomic mass is 10.2. The Balaban J connectivity index is 2.69. The Bertz CT molecular complexity index is 682. The van der Waals surface area contributed by atoms with Gasteiger partial charge in [0.05, 0.1) is 16.9 Å². The number of carboxylic acid groups (broad SMARTS) is 1. The van der Waals surface area contributed by atoms with Gasteiger partial charge in [0, 0.05) is 5.02 Å². The summed E-state index contributed by atoms with van der Waals surface area (Å²) in [5.41, 5.74) is 4.95. The summed E-state index contributed by atoms with van der Waals surface area (Å²) >= 11 is 11.7. The average Bonchev–Trinajstić information content (AvgIpc) is 2.73. The number of carbonyl (C=O) groups excluding carboxylic acids is 1. The van der Waals surface area contributed by atoms with Gasteiger partial charge < -0.3 is 10.8 Å². The SMILES string of the molecule is NC(=O)c1c(C(=O)O)cnn1-c1ccc(Cl)cc1Cl. The Labute approximate surface area is 117 Å². The van der Waals surface area contributed by atoms with Crippen LogP contribution in [0.1, 0.15) is 20.8 Å². The van der Waals surface area contributed by atoms with E-state index in [4.69, 9.17) is 34.0 Å². The van der Waals surface area contributed by atoms with Crippen molar-refractivity contribution in [1.82, 2.24) is 9.78 Å². The second-order valence-electron chi connectivity index (χ2n) is 3.58. The molecule has 0 saturated heterocycles. The van der Waals surface area contributed by atoms with Crippen LogP contribution in [0.4, 0.5) is 0 Å². The van der Waals surface area contributed by atoms with E-state index in [0.29, 0.717) is 10.7 Å². The number of hydrogen-bond acceptors (Lipinski definition) is 3. The van der Waals surface area contributed by atoms with Gasteiger partial charge in [0.25, 0.3) is 5.91 Å². The highest BCUT2D eigenvalue weighted by atomic mass is 35.5. The van der Waals surface area contributed by atoms with Gasteiger partial charge in [-0.2, -0.15) is 5.10 Å². The second-order valence-corrected chi connectivity index (χ2v) is 4.43. The number of rotatable bonds is 3. The predicted octanol–water partition coefficient (Wildman–Crippen LogP) is 1.98. The summed E-state index contributed by atoms with van der Waals surface area (Å²) in [7, 11) is 0. The summed E-state index contributed by atoms with van der Waals surface area (Å²) in [5, 5.41) is 13.4. The summed E-state index contributed by atoms with van der Waals surface area (Å²) in [5.74, 6) is -2.22. The zero-order valence-corrected chi connectivity index (χ0v) is 10.8. The third-order valence-corrected chi connectivity index (χ3v) is 2.91. The monoisotopic (exact) mass is 299 g/mol. The van der Waals surface area contributed by atoms with Gasteiger partial charge in [-0.1, -0.05) is 23.2 Å². The van der Waals surface area contributed by atoms with Crippen molar-refractivity contribution in [3.8, 4) is 5.69 Å². The lowest BCUT2D eigenvalue weighted by Crippen LogP contribution is -2.20. The number of amides is 1. The fraction of sp³-hybridized carbons (Fsp3) is 0. The first kappa shape index (κ1) is 13.4. The molecule has 0 aliphatic carbocycles. The van der Waals surface area contributed by atoms with Crippen LogP contribution in [0.2, 0.25) is 10.0 Å². The quantitative estimate of drug-likeness (QED) is 0.905. The van der Waals surface area contributed by atoms with Crippen LogP contribution in [-0.4, -0.2) is 26.8 Å². The van der Waals surface area contributed by atoms with Crippen molar-refractivity contribution >= 4 is 35.1 Å². The first-order valence-corrected chi connectivity index (χ1v) is 5.74. The lowest BCUT2D eigenvalue weighted by molar-refractivity contribution is 0.0692. The molecule has 98 valence electrons. The molecule has 1 amide bonds. The summed E-state index contributed by atoms with van der Waals surface area (Å²) in [4.78, 5) is 22.4. The van der Waals surface area contributed by atoms with Crippen molar-refractivity contribution in [2.45, 2.75) is 0 Å². The number of benzene rings is 1. The van der Waals surface area contributed by atoms with E-state index in [1.807, 2.05) is 0 Å². The number of aromatic nitrogens is 2. The van der Waals surface area contributed by atoms with Gasteiger partial charge in [0.1, 0.15) is 11.3 Å². The number of nitrogens with two attached hydrogens (primary N) is 1. The summed E-state index contributed by atoms with van der Waals surface area (Å²) in [6, 6.07) is 4.50. The van der Waals surface area contributed by atoms with Crippen LogP contribution in [-0.2, 0) is 0 Å². The maximum Gasteiger partial charge on any atom is 0.339 e. The minimum atomic E-state index is -1.30. The molecule has 1 heterocycles. The molecule has 1 aromatic carbocycles. The summed E-state index contributed by atoms with van der Waals surface area (Å²) in [6.07, 6.45) is 1.04. The Morgan fingerprint density at radius 3 is 2.53 bits per heavy atom. The zero-order valence-electron chi connectivity index (χ0n) is 9.30. The number of nitrogens with zero attached hydrogens (tertiary/aromatic N) is 2. The Kier molecular flexibility index (Phi) is 3.46. The number of carbonyl (C=O) groups is 2. The molecule has 8 heteroatoms. The molecule has 0 aliphatic rings. The first-order chi connectivity index (χ1) is 8.91. The lowest BCUT2D eigenvalue weighted by Gasteiger charge is -2.08. The molecule has 0 radical (unpaired) electrons. The normalized spacial score (nSPS) is 10.4. The number of carboxylic acids is 1. The van der Waals surface area contributed by atoms with E-state index >= 15 is 0 Å². The van der Waals surface area contributed by atoms with E-state index < -0.39 is 11.9 Å². The molecule has 0 saturated carbocycles. The van der Waals surface area contributed by atoms with Gasteiger partial charge in [-0.05, 0) is 18.2 Å². The number of halogens is 2. The fourth-order valence-electron chi connectivity index (χ4n) is 1.58. The molecule has 0 unspecified atom stereocenters. The Hall–Kier alpha value is -2.05. The maximum atomic E-state index is 11.4. The van der Waals surface area contributed by atoms with E-state index in [9.17, 15) is 9.59 Å². The highest BCUT2D eigenvalue weighted by molar-refractivity contribution is 6.35. The van der Waals surface area contributed by atoms with Gasteiger partial charge in [0.2, 0.25) is 0 Å². The predicted molar refractivity (Wildman–Crippen MR) is 69.1 cm³/mol. The van der Waals surface area contributed by atoms with E-state index in [2.05, 4.69) is 5.10 Å². The fourth-order valence-corrected chi connectivity index (χ4v) is 2.07. The van der Waals surface area contributed by atoms with Crippen molar-refractivity contribution in [3.63, 3.8) is 0 Å². The summed E-state index contributed by atoms with van der Waals surface area (Å²) in [6.45, 7) is 0. The third kappa shape index (κ3) is 2.40. The molecule has 0 fully saturated rings. The molecule has 6 nitrogen and oxygen atoms in total. The van der Waals surface area contributed by atoms with E-state index in [1.165, 1.54) is 18.2 Å². The van der Waals surface area contributed by atoms with Gasteiger partial charge >= 0.3 is 5.97 Å². The van der Waals surface area contributed by atoms with Gasteiger partial charge in [0.15, 0.2) is 0 Å². The van der Waals surface area contributed by atoms with Crippen LogP contribution < -0.4 is 5.73 Å². The Morgan fingerprint density at radius 2 is 2.00 bits per heavy atom. The number of primary amides is 1. The van der Waals surface area contributed by atoms with Crippen LogP contribution in [0.15, 0.2) is 24.4 Å². The molecule has 19 heavy (non-hydrogen) atoms. The minimum absolute atomic E-state index is 0.218. The van der Waals surface area contributed by atoms with Crippen molar-refractivity contribution in [3.05, 3.63) is 45.7 Å². The molecule has 0 aliphatic heterocycles. The largest absolute Gasteiger partial charge is 0.478 e. The average molecular weight is 300 g/mol. The van der Waals surface area contributed by atoms with Gasteiger partial charge in [-0.25, -0.2) is 9.48 Å². The van der Waals surface area contributed by atoms with Gasteiger partial charge in [-0.3, -0.25) is 4.79 Å². The van der Waals surface area contributed by atoms with Crippen LogP contribution in [0.5, 0.6) is 0 Å². The summed E-state index contributed by atoms with van der Waals surface area (Å²) < 4.78 is 1.07.